The molecular weight excluding hydrogens is 703 g/mol. The monoisotopic (exact) mass is 787 g/mol. The molecule has 0 aromatic rings. The Morgan fingerprint density at radius 1 is 0.536 bits per heavy atom. The van der Waals surface area contributed by atoms with E-state index >= 15 is 0 Å². The molecule has 56 heavy (non-hydrogen) atoms. The maximum Gasteiger partial charge on any atom is 0.362 e. The van der Waals surface area contributed by atoms with Gasteiger partial charge < -0.3 is 23.8 Å². The van der Waals surface area contributed by atoms with Gasteiger partial charge in [0.15, 0.2) is 12.1 Å². The summed E-state index contributed by atoms with van der Waals surface area (Å²) in [6.45, 7) is 4.64. The van der Waals surface area contributed by atoms with Gasteiger partial charge in [-0.3, -0.25) is 9.59 Å². The number of carbonyl (C=O) groups is 3. The van der Waals surface area contributed by atoms with Gasteiger partial charge in [0.25, 0.3) is 0 Å². The second kappa shape index (κ2) is 38.9. The summed E-state index contributed by atoms with van der Waals surface area (Å²) >= 11 is 0. The maximum absolute atomic E-state index is 12.7. The van der Waals surface area contributed by atoms with E-state index in [1.54, 1.807) is 0 Å². The van der Waals surface area contributed by atoms with Crippen molar-refractivity contribution < 1.29 is 38.2 Å². The Morgan fingerprint density at radius 2 is 0.964 bits per heavy atom. The fraction of sp³-hybridized carbons (Fsp3) is 0.729. The lowest BCUT2D eigenvalue weighted by Crippen LogP contribution is -2.50. The van der Waals surface area contributed by atoms with Crippen LogP contribution in [0.15, 0.2) is 60.8 Å². The molecular formula is C48H84NO7+. The predicted octanol–water partition coefficient (Wildman–Crippen LogP) is 12.2. The fourth-order valence-corrected chi connectivity index (χ4v) is 6.21. The first-order valence-corrected chi connectivity index (χ1v) is 22.4. The van der Waals surface area contributed by atoms with Crippen LogP contribution in [0.1, 0.15) is 174 Å². The van der Waals surface area contributed by atoms with Crippen molar-refractivity contribution in [3.05, 3.63) is 60.8 Å². The number of aliphatic carboxylic acids is 1. The summed E-state index contributed by atoms with van der Waals surface area (Å²) < 4.78 is 17.2. The van der Waals surface area contributed by atoms with Crippen LogP contribution in [-0.2, 0) is 28.6 Å². The Hall–Kier alpha value is -2.97. The van der Waals surface area contributed by atoms with Crippen LogP contribution in [0, 0.1) is 0 Å². The first kappa shape index (κ1) is 53.0. The van der Waals surface area contributed by atoms with Gasteiger partial charge in [-0.15, -0.1) is 0 Å². The molecule has 0 aliphatic rings. The number of hydrogen-bond donors (Lipinski definition) is 1. The van der Waals surface area contributed by atoms with Crippen LogP contribution in [-0.4, -0.2) is 80.6 Å². The van der Waals surface area contributed by atoms with E-state index in [4.69, 9.17) is 14.2 Å². The van der Waals surface area contributed by atoms with Gasteiger partial charge in [-0.1, -0.05) is 152 Å². The lowest BCUT2D eigenvalue weighted by Gasteiger charge is -2.31. The molecule has 0 saturated carbocycles. The lowest BCUT2D eigenvalue weighted by atomic mass is 10.1. The Morgan fingerprint density at radius 3 is 1.50 bits per heavy atom. The van der Waals surface area contributed by atoms with Crippen LogP contribution in [0.2, 0.25) is 0 Å². The normalized spacial score (nSPS) is 13.5. The molecule has 0 bridgehead atoms. The molecule has 0 aromatic carbocycles. The number of carboxylic acid groups (broad SMARTS) is 1. The van der Waals surface area contributed by atoms with Crippen molar-refractivity contribution in [2.75, 3.05) is 41.0 Å². The first-order chi connectivity index (χ1) is 27.1. The van der Waals surface area contributed by atoms with Crippen LogP contribution in [0.25, 0.3) is 0 Å². The molecule has 1 N–H and O–H groups in total. The van der Waals surface area contributed by atoms with Crippen LogP contribution >= 0.6 is 0 Å². The van der Waals surface area contributed by atoms with Crippen molar-refractivity contribution in [1.82, 2.24) is 0 Å². The minimum absolute atomic E-state index is 0.0452. The third-order valence-electron chi connectivity index (χ3n) is 9.73. The number of ether oxygens (including phenoxy) is 3. The third-order valence-corrected chi connectivity index (χ3v) is 9.73. The van der Waals surface area contributed by atoms with Crippen molar-refractivity contribution in [2.24, 2.45) is 0 Å². The van der Waals surface area contributed by atoms with Gasteiger partial charge in [-0.05, 0) is 64.2 Å². The van der Waals surface area contributed by atoms with Crippen LogP contribution in [0.4, 0.5) is 0 Å². The molecule has 2 unspecified atom stereocenters. The molecule has 0 spiro atoms. The minimum Gasteiger partial charge on any atom is -0.477 e. The first-order valence-electron chi connectivity index (χ1n) is 22.4. The highest BCUT2D eigenvalue weighted by Crippen LogP contribution is 2.13. The summed E-state index contributed by atoms with van der Waals surface area (Å²) in [5.41, 5.74) is 0. The molecule has 0 amide bonds. The number of likely N-dealkylation sites (N-methyl/N-ethyl adjacent to an activating group) is 1. The van der Waals surface area contributed by atoms with E-state index in [1.165, 1.54) is 64.2 Å². The molecule has 8 nitrogen and oxygen atoms in total. The van der Waals surface area contributed by atoms with E-state index in [9.17, 15) is 19.5 Å². The van der Waals surface area contributed by atoms with Crippen LogP contribution in [0.3, 0.4) is 0 Å². The highest BCUT2D eigenvalue weighted by molar-refractivity contribution is 5.72. The van der Waals surface area contributed by atoms with Crippen molar-refractivity contribution >= 4 is 17.9 Å². The van der Waals surface area contributed by atoms with Gasteiger partial charge in [0.1, 0.15) is 6.61 Å². The largest absolute Gasteiger partial charge is 0.477 e. The maximum atomic E-state index is 12.7. The molecule has 0 aromatic heterocycles. The van der Waals surface area contributed by atoms with Gasteiger partial charge in [-0.25, -0.2) is 4.79 Å². The number of carboxylic acids is 1. The third kappa shape index (κ3) is 36.7. The Labute approximate surface area is 343 Å². The zero-order valence-electron chi connectivity index (χ0n) is 36.6. The Balaban J connectivity index is 4.42. The fourth-order valence-electron chi connectivity index (χ4n) is 6.21. The predicted molar refractivity (Wildman–Crippen MR) is 234 cm³/mol. The molecule has 0 saturated heterocycles. The smallest absolute Gasteiger partial charge is 0.362 e. The minimum atomic E-state index is -0.883. The van der Waals surface area contributed by atoms with Crippen molar-refractivity contribution in [3.63, 3.8) is 0 Å². The van der Waals surface area contributed by atoms with Gasteiger partial charge in [0, 0.05) is 19.3 Å². The standard InChI is InChI=1S/C48H83NO7/c1-6-8-10-12-14-16-18-20-22-23-24-25-27-28-30-32-34-36-38-46(50)55-43-44(42-54-41-40-45(48(52)53)49(3,4)5)56-47(51)39-37-35-33-31-29-26-21-19-17-15-13-11-9-7-2/h14,16,18,20,22-26,29,44-45H,6-13,15,17,19,21,27-28,30-43H2,1-5H3/p+1/b16-14+,20-18+,23-22+,25-24+,29-26+. The summed E-state index contributed by atoms with van der Waals surface area (Å²) in [6.07, 6.45) is 46.8. The molecule has 0 fully saturated rings. The second-order valence-corrected chi connectivity index (χ2v) is 16.0. The number of nitrogens with zero attached hydrogens (tertiary/aromatic N) is 1. The van der Waals surface area contributed by atoms with E-state index in [0.29, 0.717) is 19.3 Å². The average molecular weight is 787 g/mol. The highest BCUT2D eigenvalue weighted by Gasteiger charge is 2.31. The van der Waals surface area contributed by atoms with Gasteiger partial charge in [0.05, 0.1) is 34.4 Å². The molecule has 0 rings (SSSR count). The van der Waals surface area contributed by atoms with Gasteiger partial charge in [-0.2, -0.15) is 0 Å². The van der Waals surface area contributed by atoms with E-state index < -0.39 is 18.1 Å². The number of rotatable bonds is 39. The molecule has 0 heterocycles. The van der Waals surface area contributed by atoms with Crippen molar-refractivity contribution in [3.8, 4) is 0 Å². The van der Waals surface area contributed by atoms with E-state index in [-0.39, 0.29) is 36.2 Å². The Bertz CT molecular complexity index is 1100. The molecule has 2 atom stereocenters. The van der Waals surface area contributed by atoms with Crippen molar-refractivity contribution in [1.29, 1.82) is 0 Å². The van der Waals surface area contributed by atoms with Crippen LogP contribution < -0.4 is 0 Å². The number of allylic oxidation sites excluding steroid dienone is 10. The topological polar surface area (TPSA) is 99.1 Å². The quantitative estimate of drug-likeness (QED) is 0.0218. The van der Waals surface area contributed by atoms with E-state index in [0.717, 1.165) is 77.0 Å². The SMILES string of the molecule is CCCCC/C=C/C=C/C=C/C=C/CCCCCCCC(=O)OCC(COCCC(C(=O)O)[N+](C)(C)C)OC(=O)CCCCC/C=C/CCCCCCCCC. The number of hydrogen-bond acceptors (Lipinski definition) is 6. The Kier molecular flexibility index (Phi) is 36.8. The molecule has 322 valence electrons. The number of quaternary nitrogens is 1. The van der Waals surface area contributed by atoms with E-state index in [2.05, 4.69) is 74.6 Å². The average Bonchev–Trinajstić information content (AvgIpc) is 3.15. The number of carbonyl (C=O) groups excluding carboxylic acids is 2. The van der Waals surface area contributed by atoms with Crippen LogP contribution in [0.5, 0.6) is 0 Å². The molecule has 0 aliphatic heterocycles. The summed E-state index contributed by atoms with van der Waals surface area (Å²) in [5, 5.41) is 9.62. The number of unbranched alkanes of at least 4 members (excludes halogenated alkanes) is 18. The lowest BCUT2D eigenvalue weighted by molar-refractivity contribution is -0.887. The zero-order valence-corrected chi connectivity index (χ0v) is 36.6. The van der Waals surface area contributed by atoms with Crippen molar-refractivity contribution in [2.45, 2.75) is 187 Å². The molecule has 0 radical (unpaired) electrons. The van der Waals surface area contributed by atoms with Gasteiger partial charge >= 0.3 is 17.9 Å². The molecule has 8 heteroatoms. The summed E-state index contributed by atoms with van der Waals surface area (Å²) in [4.78, 5) is 37.0. The molecule has 0 aliphatic carbocycles. The summed E-state index contributed by atoms with van der Waals surface area (Å²) in [5.74, 6) is -1.52. The van der Waals surface area contributed by atoms with Gasteiger partial charge in [0.2, 0.25) is 0 Å². The highest BCUT2D eigenvalue weighted by atomic mass is 16.6. The summed E-state index contributed by atoms with van der Waals surface area (Å²) in [6, 6.07) is -0.623. The number of esters is 2. The summed E-state index contributed by atoms with van der Waals surface area (Å²) in [7, 11) is 5.51. The zero-order chi connectivity index (χ0) is 41.4. The second-order valence-electron chi connectivity index (χ2n) is 16.0. The van der Waals surface area contributed by atoms with E-state index in [1.807, 2.05) is 21.1 Å².